The summed E-state index contributed by atoms with van der Waals surface area (Å²) in [6, 6.07) is 4.83. The quantitative estimate of drug-likeness (QED) is 0.478. The van der Waals surface area contributed by atoms with Crippen LogP contribution in [0, 0.1) is 0 Å². The Morgan fingerprint density at radius 2 is 2.10 bits per heavy atom. The van der Waals surface area contributed by atoms with Crippen LogP contribution in [0.3, 0.4) is 0 Å². The number of amides is 1. The smallest absolute Gasteiger partial charge is 0.326 e. The summed E-state index contributed by atoms with van der Waals surface area (Å²) in [6.45, 7) is 7.46. The van der Waals surface area contributed by atoms with Crippen LogP contribution in [-0.4, -0.2) is 72.2 Å². The van der Waals surface area contributed by atoms with E-state index in [9.17, 15) is 14.7 Å². The SMILES string of the molecule is CCCC(=O)N[C@@H](Cc1c[nH]c2ccc(OCCN3CCNCC3)cc12)C(=O)O. The summed E-state index contributed by atoms with van der Waals surface area (Å²) in [5.41, 5.74) is 1.76. The van der Waals surface area contributed by atoms with E-state index < -0.39 is 12.0 Å². The highest BCUT2D eigenvalue weighted by molar-refractivity contribution is 5.87. The highest BCUT2D eigenvalue weighted by Crippen LogP contribution is 2.25. The Kier molecular flexibility index (Phi) is 7.48. The zero-order chi connectivity index (χ0) is 20.6. The average molecular weight is 402 g/mol. The van der Waals surface area contributed by atoms with Gasteiger partial charge >= 0.3 is 5.97 Å². The second-order valence-corrected chi connectivity index (χ2v) is 7.37. The molecule has 3 rings (SSSR count). The van der Waals surface area contributed by atoms with Gasteiger partial charge in [-0.25, -0.2) is 4.79 Å². The number of aromatic nitrogens is 1. The number of carbonyl (C=O) groups excluding carboxylic acids is 1. The van der Waals surface area contributed by atoms with Crippen molar-refractivity contribution in [1.29, 1.82) is 0 Å². The van der Waals surface area contributed by atoms with Crippen LogP contribution in [0.15, 0.2) is 24.4 Å². The number of piperazine rings is 1. The van der Waals surface area contributed by atoms with Gasteiger partial charge in [0.25, 0.3) is 0 Å². The highest BCUT2D eigenvalue weighted by atomic mass is 16.5. The zero-order valence-corrected chi connectivity index (χ0v) is 16.9. The summed E-state index contributed by atoms with van der Waals surface area (Å²) in [6.07, 6.45) is 3.02. The maximum atomic E-state index is 11.8. The number of aliphatic carboxylic acids is 1. The molecule has 8 nitrogen and oxygen atoms in total. The first-order chi connectivity index (χ1) is 14.1. The predicted octanol–water partition coefficient (Wildman–Crippen LogP) is 1.36. The molecule has 1 amide bonds. The molecule has 1 aromatic heterocycles. The van der Waals surface area contributed by atoms with Crippen LogP contribution < -0.4 is 15.4 Å². The molecular weight excluding hydrogens is 372 g/mol. The minimum atomic E-state index is -1.03. The van der Waals surface area contributed by atoms with Crippen LogP contribution in [0.4, 0.5) is 0 Å². The maximum Gasteiger partial charge on any atom is 0.326 e. The molecule has 1 aliphatic heterocycles. The van der Waals surface area contributed by atoms with Crippen molar-refractivity contribution in [3.8, 4) is 5.75 Å². The number of ether oxygens (including phenoxy) is 1. The third kappa shape index (κ3) is 5.95. The number of fused-ring (bicyclic) bond motifs is 1. The first-order valence-corrected chi connectivity index (χ1v) is 10.2. The molecule has 8 heteroatoms. The zero-order valence-electron chi connectivity index (χ0n) is 16.9. The molecule has 0 saturated carbocycles. The van der Waals surface area contributed by atoms with Crippen LogP contribution in [-0.2, 0) is 16.0 Å². The molecule has 1 atom stereocenters. The number of carboxylic acids is 1. The molecule has 4 N–H and O–H groups in total. The number of hydrogen-bond acceptors (Lipinski definition) is 5. The van der Waals surface area contributed by atoms with Gasteiger partial charge in [0.05, 0.1) is 0 Å². The van der Waals surface area contributed by atoms with Gasteiger partial charge in [-0.15, -0.1) is 0 Å². The van der Waals surface area contributed by atoms with E-state index in [1.807, 2.05) is 25.1 Å². The van der Waals surface area contributed by atoms with Gasteiger partial charge in [-0.2, -0.15) is 0 Å². The molecule has 1 fully saturated rings. The Balaban J connectivity index is 1.64. The summed E-state index contributed by atoms with van der Waals surface area (Å²) in [5, 5.41) is 16.4. The van der Waals surface area contributed by atoms with E-state index in [1.54, 1.807) is 6.20 Å². The van der Waals surface area contributed by atoms with Crippen molar-refractivity contribution in [2.75, 3.05) is 39.3 Å². The first kappa shape index (κ1) is 21.1. The second kappa shape index (κ2) is 10.3. The average Bonchev–Trinajstić information content (AvgIpc) is 3.10. The number of rotatable bonds is 10. The van der Waals surface area contributed by atoms with Gasteiger partial charge < -0.3 is 25.5 Å². The largest absolute Gasteiger partial charge is 0.492 e. The molecule has 1 aromatic carbocycles. The molecule has 29 heavy (non-hydrogen) atoms. The molecular formula is C21H30N4O4. The van der Waals surface area contributed by atoms with Crippen molar-refractivity contribution >= 4 is 22.8 Å². The summed E-state index contributed by atoms with van der Waals surface area (Å²) in [7, 11) is 0. The number of hydrogen-bond donors (Lipinski definition) is 4. The maximum absolute atomic E-state index is 11.8. The molecule has 1 saturated heterocycles. The van der Waals surface area contributed by atoms with Gasteiger partial charge in [-0.3, -0.25) is 9.69 Å². The number of aromatic amines is 1. The third-order valence-electron chi connectivity index (χ3n) is 5.16. The van der Waals surface area contributed by atoms with E-state index in [0.29, 0.717) is 19.4 Å². The fourth-order valence-corrected chi connectivity index (χ4v) is 3.56. The lowest BCUT2D eigenvalue weighted by molar-refractivity contribution is -0.141. The van der Waals surface area contributed by atoms with Gasteiger partial charge in [0.1, 0.15) is 18.4 Å². The summed E-state index contributed by atoms with van der Waals surface area (Å²) in [5.74, 6) is -0.515. The lowest BCUT2D eigenvalue weighted by atomic mass is 10.0. The van der Waals surface area contributed by atoms with Gasteiger partial charge in [0, 0.05) is 62.7 Å². The number of nitrogens with zero attached hydrogens (tertiary/aromatic N) is 1. The standard InChI is InChI=1S/C21H30N4O4/c1-2-3-20(26)24-19(21(27)28)12-15-14-23-18-5-4-16(13-17(15)18)29-11-10-25-8-6-22-7-9-25/h4-5,13-14,19,22-23H,2-3,6-12H2,1H3,(H,24,26)(H,27,28)/t19-/m0/s1. The Labute approximate surface area is 170 Å². The molecule has 0 unspecified atom stereocenters. The Morgan fingerprint density at radius 1 is 1.31 bits per heavy atom. The van der Waals surface area contributed by atoms with E-state index >= 15 is 0 Å². The van der Waals surface area contributed by atoms with Crippen molar-refractivity contribution < 1.29 is 19.4 Å². The predicted molar refractivity (Wildman–Crippen MR) is 111 cm³/mol. The fraction of sp³-hybridized carbons (Fsp3) is 0.524. The van der Waals surface area contributed by atoms with E-state index in [-0.39, 0.29) is 12.3 Å². The van der Waals surface area contributed by atoms with Gasteiger partial charge in [-0.05, 0) is 30.2 Å². The van der Waals surface area contributed by atoms with E-state index in [2.05, 4.69) is 20.5 Å². The summed E-state index contributed by atoms with van der Waals surface area (Å²) >= 11 is 0. The minimum absolute atomic E-state index is 0.217. The van der Waals surface area contributed by atoms with Crippen LogP contribution in [0.1, 0.15) is 25.3 Å². The highest BCUT2D eigenvalue weighted by Gasteiger charge is 2.21. The number of nitrogens with one attached hydrogen (secondary N) is 3. The number of carbonyl (C=O) groups is 2. The van der Waals surface area contributed by atoms with Gasteiger partial charge in [-0.1, -0.05) is 6.92 Å². The second-order valence-electron chi connectivity index (χ2n) is 7.37. The Morgan fingerprint density at radius 3 is 2.83 bits per heavy atom. The monoisotopic (exact) mass is 402 g/mol. The van der Waals surface area contributed by atoms with Crippen molar-refractivity contribution in [3.05, 3.63) is 30.0 Å². The Bertz CT molecular complexity index is 829. The van der Waals surface area contributed by atoms with Crippen molar-refractivity contribution in [3.63, 3.8) is 0 Å². The van der Waals surface area contributed by atoms with E-state index in [0.717, 1.165) is 54.9 Å². The van der Waals surface area contributed by atoms with Crippen molar-refractivity contribution in [1.82, 2.24) is 20.5 Å². The fourth-order valence-electron chi connectivity index (χ4n) is 3.56. The minimum Gasteiger partial charge on any atom is -0.492 e. The van der Waals surface area contributed by atoms with Crippen molar-refractivity contribution in [2.24, 2.45) is 0 Å². The van der Waals surface area contributed by atoms with E-state index in [1.165, 1.54) is 0 Å². The number of carboxylic acid groups (broad SMARTS) is 1. The van der Waals surface area contributed by atoms with Crippen molar-refractivity contribution in [2.45, 2.75) is 32.2 Å². The van der Waals surface area contributed by atoms with Crippen LogP contribution in [0.25, 0.3) is 10.9 Å². The van der Waals surface area contributed by atoms with Crippen LogP contribution in [0.2, 0.25) is 0 Å². The Hall–Kier alpha value is -2.58. The van der Waals surface area contributed by atoms with E-state index in [4.69, 9.17) is 4.74 Å². The molecule has 0 bridgehead atoms. The summed E-state index contributed by atoms with van der Waals surface area (Å²) in [4.78, 5) is 29.0. The lowest BCUT2D eigenvalue weighted by Gasteiger charge is -2.26. The number of benzene rings is 1. The summed E-state index contributed by atoms with van der Waals surface area (Å²) < 4.78 is 5.93. The molecule has 0 radical (unpaired) electrons. The van der Waals surface area contributed by atoms with Gasteiger partial charge in [0.15, 0.2) is 0 Å². The molecule has 0 aliphatic carbocycles. The number of H-pyrrole nitrogens is 1. The van der Waals surface area contributed by atoms with Gasteiger partial charge in [0.2, 0.25) is 5.91 Å². The molecule has 2 aromatic rings. The third-order valence-corrected chi connectivity index (χ3v) is 5.16. The van der Waals surface area contributed by atoms with Crippen LogP contribution >= 0.6 is 0 Å². The molecule has 1 aliphatic rings. The van der Waals surface area contributed by atoms with Crippen LogP contribution in [0.5, 0.6) is 5.75 Å². The topological polar surface area (TPSA) is 107 Å². The lowest BCUT2D eigenvalue weighted by Crippen LogP contribution is -2.44. The molecule has 0 spiro atoms. The first-order valence-electron chi connectivity index (χ1n) is 10.2. The molecule has 2 heterocycles. The molecule has 158 valence electrons. The normalized spacial score (nSPS) is 15.9.